The van der Waals surface area contributed by atoms with Gasteiger partial charge in [-0.3, -0.25) is 9.59 Å². The molecule has 0 aliphatic rings. The minimum absolute atomic E-state index is 0.0530. The molecule has 3 N–H and O–H groups in total. The topological polar surface area (TPSA) is 95.9 Å². The Kier molecular flexibility index (Phi) is 47.2. The first-order valence-electron chi connectivity index (χ1n) is 26.2. The minimum atomic E-state index is -0.800. The fourth-order valence-electron chi connectivity index (χ4n) is 7.72. The summed E-state index contributed by atoms with van der Waals surface area (Å²) in [4.78, 5) is 26.1. The Morgan fingerprint density at radius 3 is 1.31 bits per heavy atom. The number of hydrogen-bond acceptors (Lipinski definition) is 5. The summed E-state index contributed by atoms with van der Waals surface area (Å²) in [6.07, 6.45) is 62.5. The van der Waals surface area contributed by atoms with Crippen LogP contribution in [0.2, 0.25) is 0 Å². The van der Waals surface area contributed by atoms with E-state index in [1.807, 2.05) is 0 Å². The second-order valence-electron chi connectivity index (χ2n) is 17.6. The average Bonchev–Trinajstić information content (AvgIpc) is 3.26. The van der Waals surface area contributed by atoms with Crippen molar-refractivity contribution < 1.29 is 24.5 Å². The molecule has 0 spiro atoms. The summed E-state index contributed by atoms with van der Waals surface area (Å²) in [5.74, 6) is -0.519. The summed E-state index contributed by atoms with van der Waals surface area (Å²) in [7, 11) is 0. The maximum Gasteiger partial charge on any atom is 0.306 e. The molecular formula is C56H99NO5. The number of rotatable bonds is 46. The quantitative estimate of drug-likeness (QED) is 0.0322. The SMILES string of the molecule is CC/C=C/C=C/C=C\CCCCCCCC(=O)OC(CCCCCCC/C=C/C=C/C=C/CC)CC(=O)NC(CO)C(O)CCCCCCCCCCCCCCCCCCC. The Morgan fingerprint density at radius 1 is 0.484 bits per heavy atom. The molecule has 0 aliphatic heterocycles. The number of hydrogen-bond donors (Lipinski definition) is 3. The number of carbonyl (C=O) groups excluding carboxylic acids is 2. The van der Waals surface area contributed by atoms with Crippen molar-refractivity contribution in [2.24, 2.45) is 0 Å². The summed E-state index contributed by atoms with van der Waals surface area (Å²) >= 11 is 0. The molecule has 0 saturated heterocycles. The van der Waals surface area contributed by atoms with Crippen molar-refractivity contribution in [2.45, 2.75) is 264 Å². The molecule has 6 heteroatoms. The summed E-state index contributed by atoms with van der Waals surface area (Å²) in [6.45, 7) is 6.22. The van der Waals surface area contributed by atoms with E-state index >= 15 is 0 Å². The van der Waals surface area contributed by atoms with Crippen LogP contribution in [0.4, 0.5) is 0 Å². The van der Waals surface area contributed by atoms with Crippen LogP contribution in [-0.4, -0.2) is 46.9 Å². The van der Waals surface area contributed by atoms with Crippen LogP contribution in [0.15, 0.2) is 72.9 Å². The van der Waals surface area contributed by atoms with Crippen molar-refractivity contribution in [3.05, 3.63) is 72.9 Å². The predicted molar refractivity (Wildman–Crippen MR) is 268 cm³/mol. The molecule has 0 aromatic heterocycles. The Hall–Kier alpha value is -2.70. The van der Waals surface area contributed by atoms with Gasteiger partial charge in [0.15, 0.2) is 0 Å². The first-order chi connectivity index (χ1) is 30.5. The van der Waals surface area contributed by atoms with E-state index < -0.39 is 18.2 Å². The zero-order valence-corrected chi connectivity index (χ0v) is 40.7. The Morgan fingerprint density at radius 2 is 0.871 bits per heavy atom. The van der Waals surface area contributed by atoms with E-state index in [0.717, 1.165) is 109 Å². The van der Waals surface area contributed by atoms with Gasteiger partial charge >= 0.3 is 5.97 Å². The lowest BCUT2D eigenvalue weighted by atomic mass is 10.0. The Labute approximate surface area is 383 Å². The monoisotopic (exact) mass is 866 g/mol. The summed E-state index contributed by atoms with van der Waals surface area (Å²) in [5.41, 5.74) is 0. The van der Waals surface area contributed by atoms with Gasteiger partial charge in [0.05, 0.1) is 25.2 Å². The number of amides is 1. The van der Waals surface area contributed by atoms with Crippen molar-refractivity contribution in [1.82, 2.24) is 5.32 Å². The normalized spacial score (nSPS) is 13.8. The second kappa shape index (κ2) is 49.3. The standard InChI is InChI=1S/C56H99NO5/c1-4-7-10-13-16-19-22-25-26-27-28-31-33-36-39-42-45-48-54(59)53(51-58)57-55(60)50-52(47-44-41-38-35-32-29-23-20-17-14-11-8-5-2)62-56(61)49-46-43-40-37-34-30-24-21-18-15-12-9-6-3/h8-9,11-12,14-15,17-18,20-21,23-24,52-54,58-59H,4-7,10,13,16,19,22,25-51H2,1-3H3,(H,57,60)/b11-8+,12-9+,17-14+,18-15+,23-20+,24-21-. The highest BCUT2D eigenvalue weighted by atomic mass is 16.5. The number of nitrogens with one attached hydrogen (secondary N) is 1. The van der Waals surface area contributed by atoms with E-state index in [1.165, 1.54) is 89.9 Å². The van der Waals surface area contributed by atoms with Crippen LogP contribution in [0.5, 0.6) is 0 Å². The van der Waals surface area contributed by atoms with Gasteiger partial charge < -0.3 is 20.3 Å². The van der Waals surface area contributed by atoms with E-state index in [0.29, 0.717) is 19.3 Å². The van der Waals surface area contributed by atoms with Gasteiger partial charge in [0, 0.05) is 6.42 Å². The largest absolute Gasteiger partial charge is 0.462 e. The van der Waals surface area contributed by atoms with Gasteiger partial charge in [-0.05, 0) is 64.2 Å². The number of aliphatic hydroxyl groups is 2. The van der Waals surface area contributed by atoms with Crippen LogP contribution in [-0.2, 0) is 14.3 Å². The maximum absolute atomic E-state index is 13.2. The number of unbranched alkanes of at least 4 members (excludes halogenated alkanes) is 26. The van der Waals surface area contributed by atoms with Gasteiger partial charge in [0.1, 0.15) is 6.10 Å². The van der Waals surface area contributed by atoms with E-state index in [4.69, 9.17) is 4.74 Å². The van der Waals surface area contributed by atoms with Crippen molar-refractivity contribution in [2.75, 3.05) is 6.61 Å². The molecule has 0 bridgehead atoms. The van der Waals surface area contributed by atoms with E-state index in [2.05, 4.69) is 99.0 Å². The molecule has 3 atom stereocenters. The lowest BCUT2D eigenvalue weighted by Crippen LogP contribution is -2.46. The Bertz CT molecular complexity index is 1150. The van der Waals surface area contributed by atoms with Crippen LogP contribution >= 0.6 is 0 Å². The summed E-state index contributed by atoms with van der Waals surface area (Å²) in [6, 6.07) is -0.716. The number of esters is 1. The van der Waals surface area contributed by atoms with Crippen LogP contribution in [0.1, 0.15) is 245 Å². The lowest BCUT2D eigenvalue weighted by Gasteiger charge is -2.24. The van der Waals surface area contributed by atoms with Gasteiger partial charge in [-0.2, -0.15) is 0 Å². The minimum Gasteiger partial charge on any atom is -0.462 e. The Balaban J connectivity index is 4.56. The molecule has 6 nitrogen and oxygen atoms in total. The van der Waals surface area contributed by atoms with Gasteiger partial charge in [-0.1, -0.05) is 241 Å². The highest BCUT2D eigenvalue weighted by molar-refractivity contribution is 5.77. The van der Waals surface area contributed by atoms with E-state index in [-0.39, 0.29) is 24.9 Å². The van der Waals surface area contributed by atoms with Crippen LogP contribution in [0, 0.1) is 0 Å². The molecule has 0 aromatic carbocycles. The molecule has 0 radical (unpaired) electrons. The second-order valence-corrected chi connectivity index (χ2v) is 17.6. The first-order valence-corrected chi connectivity index (χ1v) is 26.2. The fraction of sp³-hybridized carbons (Fsp3) is 0.750. The highest BCUT2D eigenvalue weighted by Gasteiger charge is 2.24. The van der Waals surface area contributed by atoms with Crippen LogP contribution in [0.3, 0.4) is 0 Å². The van der Waals surface area contributed by atoms with Gasteiger partial charge in [-0.15, -0.1) is 0 Å². The average molecular weight is 866 g/mol. The van der Waals surface area contributed by atoms with Crippen molar-refractivity contribution in [1.29, 1.82) is 0 Å². The smallest absolute Gasteiger partial charge is 0.306 e. The highest BCUT2D eigenvalue weighted by Crippen LogP contribution is 2.18. The maximum atomic E-state index is 13.2. The molecule has 0 aromatic rings. The molecule has 358 valence electrons. The van der Waals surface area contributed by atoms with E-state index in [1.54, 1.807) is 0 Å². The zero-order valence-electron chi connectivity index (χ0n) is 40.7. The molecule has 0 aliphatic carbocycles. The number of allylic oxidation sites excluding steroid dienone is 12. The number of ether oxygens (including phenoxy) is 1. The first kappa shape index (κ1) is 59.3. The van der Waals surface area contributed by atoms with Crippen molar-refractivity contribution >= 4 is 11.9 Å². The van der Waals surface area contributed by atoms with Gasteiger partial charge in [0.2, 0.25) is 5.91 Å². The molecule has 62 heavy (non-hydrogen) atoms. The number of carbonyl (C=O) groups is 2. The van der Waals surface area contributed by atoms with Gasteiger partial charge in [0.25, 0.3) is 0 Å². The molecule has 0 heterocycles. The molecule has 0 fully saturated rings. The predicted octanol–water partition coefficient (Wildman–Crippen LogP) is 15.8. The third-order valence-electron chi connectivity index (χ3n) is 11.7. The molecule has 0 saturated carbocycles. The van der Waals surface area contributed by atoms with Crippen molar-refractivity contribution in [3.8, 4) is 0 Å². The van der Waals surface area contributed by atoms with Crippen LogP contribution < -0.4 is 5.32 Å². The van der Waals surface area contributed by atoms with Crippen LogP contribution in [0.25, 0.3) is 0 Å². The zero-order chi connectivity index (χ0) is 45.2. The van der Waals surface area contributed by atoms with Gasteiger partial charge in [-0.25, -0.2) is 0 Å². The summed E-state index contributed by atoms with van der Waals surface area (Å²) < 4.78 is 5.91. The molecule has 0 rings (SSSR count). The third-order valence-corrected chi connectivity index (χ3v) is 11.7. The fourth-order valence-corrected chi connectivity index (χ4v) is 7.72. The molecular weight excluding hydrogens is 767 g/mol. The molecule has 3 unspecified atom stereocenters. The lowest BCUT2D eigenvalue weighted by molar-refractivity contribution is -0.151. The summed E-state index contributed by atoms with van der Waals surface area (Å²) in [5, 5.41) is 23.8. The molecule has 1 amide bonds. The van der Waals surface area contributed by atoms with E-state index in [9.17, 15) is 19.8 Å². The third kappa shape index (κ3) is 43.9. The number of aliphatic hydroxyl groups excluding tert-OH is 2. The van der Waals surface area contributed by atoms with Crippen molar-refractivity contribution in [3.63, 3.8) is 0 Å².